The first-order chi connectivity index (χ1) is 10.3. The zero-order valence-electron chi connectivity index (χ0n) is 11.5. The third-order valence-corrected chi connectivity index (χ3v) is 3.36. The lowest BCUT2D eigenvalue weighted by Crippen LogP contribution is -2.36. The molecule has 0 aliphatic carbocycles. The number of likely N-dealkylation sites (tertiary alicyclic amines) is 1. The van der Waals surface area contributed by atoms with Gasteiger partial charge in [0.05, 0.1) is 6.42 Å². The molecular formula is C14H14F3NO4. The highest BCUT2D eigenvalue weighted by Crippen LogP contribution is 2.26. The van der Waals surface area contributed by atoms with Crippen LogP contribution in [0.15, 0.2) is 24.3 Å². The van der Waals surface area contributed by atoms with Crippen molar-refractivity contribution in [2.75, 3.05) is 6.54 Å². The van der Waals surface area contributed by atoms with Gasteiger partial charge in [-0.1, -0.05) is 6.07 Å². The van der Waals surface area contributed by atoms with Crippen LogP contribution in [-0.2, 0) is 4.79 Å². The van der Waals surface area contributed by atoms with E-state index in [1.54, 1.807) is 0 Å². The molecule has 1 saturated heterocycles. The van der Waals surface area contributed by atoms with Crippen molar-refractivity contribution >= 4 is 11.9 Å². The number of alkyl halides is 3. The number of hydrogen-bond donors (Lipinski definition) is 1. The van der Waals surface area contributed by atoms with E-state index in [4.69, 9.17) is 5.11 Å². The van der Waals surface area contributed by atoms with Crippen molar-refractivity contribution in [2.24, 2.45) is 0 Å². The quantitative estimate of drug-likeness (QED) is 0.927. The Balaban J connectivity index is 2.15. The van der Waals surface area contributed by atoms with E-state index in [-0.39, 0.29) is 12.0 Å². The fourth-order valence-electron chi connectivity index (χ4n) is 2.51. The molecule has 120 valence electrons. The van der Waals surface area contributed by atoms with Crippen molar-refractivity contribution in [1.82, 2.24) is 4.90 Å². The predicted octanol–water partition coefficient (Wildman–Crippen LogP) is 2.66. The van der Waals surface area contributed by atoms with Crippen LogP contribution in [0.25, 0.3) is 0 Å². The Labute approximate surface area is 124 Å². The minimum atomic E-state index is -4.83. The Morgan fingerprint density at radius 2 is 2.09 bits per heavy atom. The van der Waals surface area contributed by atoms with Crippen molar-refractivity contribution in [2.45, 2.75) is 31.7 Å². The summed E-state index contributed by atoms with van der Waals surface area (Å²) in [6.07, 6.45) is -3.77. The van der Waals surface area contributed by atoms with Crippen molar-refractivity contribution in [3.63, 3.8) is 0 Å². The van der Waals surface area contributed by atoms with Crippen molar-refractivity contribution in [3.8, 4) is 5.75 Å². The molecule has 1 aliphatic heterocycles. The molecule has 2 rings (SSSR count). The van der Waals surface area contributed by atoms with Crippen LogP contribution in [0.1, 0.15) is 29.6 Å². The number of benzene rings is 1. The summed E-state index contributed by atoms with van der Waals surface area (Å²) in [5.41, 5.74) is 0.0408. The molecule has 1 amide bonds. The number of aliphatic carboxylic acids is 1. The Kier molecular flexibility index (Phi) is 4.58. The normalized spacial score (nSPS) is 18.3. The number of amides is 1. The first kappa shape index (κ1) is 16.1. The lowest BCUT2D eigenvalue weighted by Gasteiger charge is -2.23. The average Bonchev–Trinajstić information content (AvgIpc) is 2.83. The largest absolute Gasteiger partial charge is 0.573 e. The van der Waals surface area contributed by atoms with Crippen LogP contribution in [0.4, 0.5) is 13.2 Å². The third-order valence-electron chi connectivity index (χ3n) is 3.36. The molecule has 1 aliphatic rings. The molecule has 0 aromatic heterocycles. The van der Waals surface area contributed by atoms with Gasteiger partial charge in [0.25, 0.3) is 5.91 Å². The number of carbonyl (C=O) groups excluding carboxylic acids is 1. The zero-order valence-corrected chi connectivity index (χ0v) is 11.5. The fraction of sp³-hybridized carbons (Fsp3) is 0.429. The molecule has 5 nitrogen and oxygen atoms in total. The summed E-state index contributed by atoms with van der Waals surface area (Å²) in [4.78, 5) is 24.5. The molecule has 22 heavy (non-hydrogen) atoms. The van der Waals surface area contributed by atoms with Gasteiger partial charge in [0.1, 0.15) is 5.75 Å². The number of nitrogens with zero attached hydrogens (tertiary/aromatic N) is 1. The molecule has 0 spiro atoms. The third kappa shape index (κ3) is 4.12. The van der Waals surface area contributed by atoms with Crippen molar-refractivity contribution in [3.05, 3.63) is 29.8 Å². The van der Waals surface area contributed by atoms with Gasteiger partial charge in [0.15, 0.2) is 0 Å². The standard InChI is InChI=1S/C14H14F3NO4/c15-14(16,17)22-11-5-1-3-9(7-11)13(21)18-6-2-4-10(18)8-12(19)20/h1,3,5,7,10H,2,4,6,8H2,(H,19,20). The molecule has 1 aromatic carbocycles. The lowest BCUT2D eigenvalue weighted by atomic mass is 10.1. The van der Waals surface area contributed by atoms with E-state index in [1.165, 1.54) is 17.0 Å². The minimum absolute atomic E-state index is 0.0408. The van der Waals surface area contributed by atoms with Crippen LogP contribution in [0.3, 0.4) is 0 Å². The van der Waals surface area contributed by atoms with Crippen LogP contribution in [0.2, 0.25) is 0 Å². The summed E-state index contributed by atoms with van der Waals surface area (Å²) >= 11 is 0. The summed E-state index contributed by atoms with van der Waals surface area (Å²) in [5, 5.41) is 8.83. The molecule has 0 saturated carbocycles. The smallest absolute Gasteiger partial charge is 0.481 e. The van der Waals surface area contributed by atoms with Gasteiger partial charge < -0.3 is 14.7 Å². The van der Waals surface area contributed by atoms with Crippen LogP contribution in [0, 0.1) is 0 Å². The first-order valence-corrected chi connectivity index (χ1v) is 6.65. The SMILES string of the molecule is O=C(O)CC1CCCN1C(=O)c1cccc(OC(F)(F)F)c1. The van der Waals surface area contributed by atoms with Gasteiger partial charge in [-0.2, -0.15) is 0 Å². The van der Waals surface area contributed by atoms with Crippen LogP contribution in [-0.4, -0.2) is 40.8 Å². The van der Waals surface area contributed by atoms with Gasteiger partial charge >= 0.3 is 12.3 Å². The highest BCUT2D eigenvalue weighted by atomic mass is 19.4. The molecule has 1 fully saturated rings. The Hall–Kier alpha value is -2.25. The fourth-order valence-corrected chi connectivity index (χ4v) is 2.51. The van der Waals surface area contributed by atoms with E-state index in [0.717, 1.165) is 12.1 Å². The summed E-state index contributed by atoms with van der Waals surface area (Å²) in [5.74, 6) is -1.98. The van der Waals surface area contributed by atoms with E-state index in [9.17, 15) is 22.8 Å². The second-order valence-corrected chi connectivity index (χ2v) is 4.97. The highest BCUT2D eigenvalue weighted by Gasteiger charge is 2.33. The van der Waals surface area contributed by atoms with Crippen LogP contribution < -0.4 is 4.74 Å². The highest BCUT2D eigenvalue weighted by molar-refractivity contribution is 5.95. The van der Waals surface area contributed by atoms with Gasteiger partial charge in [0, 0.05) is 18.2 Å². The molecule has 1 N–H and O–H groups in total. The molecule has 0 bridgehead atoms. The molecule has 8 heteroatoms. The van der Waals surface area contributed by atoms with E-state index >= 15 is 0 Å². The molecule has 1 heterocycles. The topological polar surface area (TPSA) is 66.8 Å². The zero-order chi connectivity index (χ0) is 16.3. The minimum Gasteiger partial charge on any atom is -0.481 e. The maximum Gasteiger partial charge on any atom is 0.573 e. The van der Waals surface area contributed by atoms with Gasteiger partial charge in [-0.3, -0.25) is 9.59 Å². The maximum absolute atomic E-state index is 12.4. The Morgan fingerprint density at radius 3 is 2.73 bits per heavy atom. The summed E-state index contributed by atoms with van der Waals surface area (Å²) in [6, 6.07) is 4.34. The van der Waals surface area contributed by atoms with E-state index < -0.39 is 30.0 Å². The number of ether oxygens (including phenoxy) is 1. The number of rotatable bonds is 4. The number of carbonyl (C=O) groups is 2. The monoisotopic (exact) mass is 317 g/mol. The van der Waals surface area contributed by atoms with Gasteiger partial charge in [-0.15, -0.1) is 13.2 Å². The average molecular weight is 317 g/mol. The van der Waals surface area contributed by atoms with Crippen molar-refractivity contribution in [1.29, 1.82) is 0 Å². The van der Waals surface area contributed by atoms with E-state index in [2.05, 4.69) is 4.74 Å². The number of carboxylic acids is 1. The Bertz CT molecular complexity index is 573. The maximum atomic E-state index is 12.4. The number of halogens is 3. The second kappa shape index (κ2) is 6.25. The summed E-state index contributed by atoms with van der Waals surface area (Å²) in [7, 11) is 0. The lowest BCUT2D eigenvalue weighted by molar-refractivity contribution is -0.274. The number of hydrogen-bond acceptors (Lipinski definition) is 3. The molecule has 1 unspecified atom stereocenters. The van der Waals surface area contributed by atoms with Crippen molar-refractivity contribution < 1.29 is 32.6 Å². The number of carboxylic acid groups (broad SMARTS) is 1. The van der Waals surface area contributed by atoms with Gasteiger partial charge in [-0.25, -0.2) is 0 Å². The van der Waals surface area contributed by atoms with E-state index in [1.807, 2.05) is 0 Å². The van der Waals surface area contributed by atoms with Gasteiger partial charge in [0.2, 0.25) is 0 Å². The summed E-state index contributed by atoms with van der Waals surface area (Å²) in [6.45, 7) is 0.390. The molecule has 1 atom stereocenters. The molecule has 0 radical (unpaired) electrons. The molecular weight excluding hydrogens is 303 g/mol. The van der Waals surface area contributed by atoms with E-state index in [0.29, 0.717) is 19.4 Å². The predicted molar refractivity (Wildman–Crippen MR) is 69.4 cm³/mol. The molecule has 1 aromatic rings. The first-order valence-electron chi connectivity index (χ1n) is 6.65. The Morgan fingerprint density at radius 1 is 1.36 bits per heavy atom. The van der Waals surface area contributed by atoms with Gasteiger partial charge in [-0.05, 0) is 31.0 Å². The second-order valence-electron chi connectivity index (χ2n) is 4.97. The van der Waals surface area contributed by atoms with Crippen LogP contribution >= 0.6 is 0 Å². The summed E-state index contributed by atoms with van der Waals surface area (Å²) < 4.78 is 40.4. The van der Waals surface area contributed by atoms with Crippen LogP contribution in [0.5, 0.6) is 5.75 Å².